The number of amides is 1. The van der Waals surface area contributed by atoms with E-state index in [1.165, 1.54) is 0 Å². The lowest BCUT2D eigenvalue weighted by atomic mass is 9.87. The average molecular weight is 242 g/mol. The highest BCUT2D eigenvalue weighted by molar-refractivity contribution is 5.81. The van der Waals surface area contributed by atoms with Gasteiger partial charge in [-0.25, -0.2) is 0 Å². The van der Waals surface area contributed by atoms with Crippen molar-refractivity contribution in [3.05, 3.63) is 0 Å². The first-order valence-electron chi connectivity index (χ1n) is 6.70. The van der Waals surface area contributed by atoms with Gasteiger partial charge in [0.25, 0.3) is 0 Å². The van der Waals surface area contributed by atoms with Gasteiger partial charge in [0.2, 0.25) is 5.91 Å². The van der Waals surface area contributed by atoms with E-state index in [-0.39, 0.29) is 18.1 Å². The van der Waals surface area contributed by atoms with Crippen LogP contribution in [0.1, 0.15) is 46.0 Å². The van der Waals surface area contributed by atoms with E-state index >= 15 is 0 Å². The van der Waals surface area contributed by atoms with Crippen molar-refractivity contribution in [1.82, 2.24) is 5.32 Å². The maximum atomic E-state index is 11.7. The van der Waals surface area contributed by atoms with Gasteiger partial charge in [-0.15, -0.1) is 0 Å². The summed E-state index contributed by atoms with van der Waals surface area (Å²) in [5.74, 6) is 0.916. The summed E-state index contributed by atoms with van der Waals surface area (Å²) in [5.41, 5.74) is 5.80. The van der Waals surface area contributed by atoms with Gasteiger partial charge in [-0.3, -0.25) is 4.79 Å². The van der Waals surface area contributed by atoms with Crippen molar-refractivity contribution in [3.8, 4) is 0 Å². The maximum absolute atomic E-state index is 11.7. The molecule has 4 heteroatoms. The lowest BCUT2D eigenvalue weighted by molar-refractivity contribution is -0.122. The van der Waals surface area contributed by atoms with E-state index in [0.717, 1.165) is 32.1 Å². The third-order valence-corrected chi connectivity index (χ3v) is 3.44. The number of rotatable bonds is 5. The molecule has 4 nitrogen and oxygen atoms in total. The van der Waals surface area contributed by atoms with Gasteiger partial charge in [0.15, 0.2) is 0 Å². The van der Waals surface area contributed by atoms with Gasteiger partial charge >= 0.3 is 0 Å². The first-order valence-corrected chi connectivity index (χ1v) is 6.70. The number of nitrogens with one attached hydrogen (secondary N) is 1. The van der Waals surface area contributed by atoms with Gasteiger partial charge in [0.1, 0.15) is 0 Å². The Hall–Kier alpha value is -0.610. The van der Waals surface area contributed by atoms with Crippen molar-refractivity contribution in [3.63, 3.8) is 0 Å². The van der Waals surface area contributed by atoms with E-state index < -0.39 is 0 Å². The SMILES string of the molecule is CC(C)C[C@@H](N)C(=O)NCC1CCC(O)CC1. The lowest BCUT2D eigenvalue weighted by Gasteiger charge is -2.26. The van der Waals surface area contributed by atoms with Crippen LogP contribution in [0.4, 0.5) is 0 Å². The summed E-state index contributed by atoms with van der Waals surface area (Å²) in [7, 11) is 0. The molecule has 100 valence electrons. The summed E-state index contributed by atoms with van der Waals surface area (Å²) in [6, 6.07) is -0.385. The van der Waals surface area contributed by atoms with Crippen LogP contribution in [0.15, 0.2) is 0 Å². The molecule has 17 heavy (non-hydrogen) atoms. The molecule has 0 heterocycles. The number of aliphatic hydroxyl groups is 1. The van der Waals surface area contributed by atoms with E-state index in [9.17, 15) is 9.90 Å². The summed E-state index contributed by atoms with van der Waals surface area (Å²) in [5, 5.41) is 12.3. The maximum Gasteiger partial charge on any atom is 0.236 e. The normalized spacial score (nSPS) is 26.9. The van der Waals surface area contributed by atoms with E-state index in [1.807, 2.05) is 0 Å². The van der Waals surface area contributed by atoms with Crippen LogP contribution in [0.25, 0.3) is 0 Å². The second-order valence-corrected chi connectivity index (χ2v) is 5.66. The Kier molecular flexibility index (Phi) is 5.92. The van der Waals surface area contributed by atoms with Crippen LogP contribution in [-0.4, -0.2) is 29.7 Å². The Labute approximate surface area is 104 Å². The van der Waals surface area contributed by atoms with Crippen LogP contribution in [0.5, 0.6) is 0 Å². The molecule has 4 N–H and O–H groups in total. The molecule has 0 aliphatic heterocycles. The molecule has 1 atom stereocenters. The molecule has 0 aromatic heterocycles. The molecular weight excluding hydrogens is 216 g/mol. The van der Waals surface area contributed by atoms with Gasteiger partial charge in [0.05, 0.1) is 12.1 Å². The molecule has 0 spiro atoms. The minimum atomic E-state index is -0.385. The quantitative estimate of drug-likeness (QED) is 0.674. The molecule has 0 bridgehead atoms. The minimum Gasteiger partial charge on any atom is -0.393 e. The predicted molar refractivity (Wildman–Crippen MR) is 68.4 cm³/mol. The lowest BCUT2D eigenvalue weighted by Crippen LogP contribution is -2.43. The summed E-state index contributed by atoms with van der Waals surface area (Å²) in [4.78, 5) is 11.7. The van der Waals surface area contributed by atoms with Crippen molar-refractivity contribution >= 4 is 5.91 Å². The highest BCUT2D eigenvalue weighted by atomic mass is 16.3. The van der Waals surface area contributed by atoms with Crippen molar-refractivity contribution in [2.75, 3.05) is 6.54 Å². The second kappa shape index (κ2) is 6.97. The van der Waals surface area contributed by atoms with Gasteiger partial charge in [-0.05, 0) is 43.9 Å². The Morgan fingerprint density at radius 2 is 1.94 bits per heavy atom. The van der Waals surface area contributed by atoms with Crippen LogP contribution in [-0.2, 0) is 4.79 Å². The summed E-state index contributed by atoms with van der Waals surface area (Å²) in [6.45, 7) is 4.84. The number of carbonyl (C=O) groups is 1. The summed E-state index contributed by atoms with van der Waals surface area (Å²) >= 11 is 0. The Morgan fingerprint density at radius 3 is 2.47 bits per heavy atom. The van der Waals surface area contributed by atoms with E-state index in [1.54, 1.807) is 0 Å². The van der Waals surface area contributed by atoms with Crippen molar-refractivity contribution in [2.24, 2.45) is 17.6 Å². The highest BCUT2D eigenvalue weighted by Crippen LogP contribution is 2.23. The zero-order valence-electron chi connectivity index (χ0n) is 11.0. The molecule has 1 aliphatic rings. The molecule has 0 radical (unpaired) electrons. The zero-order valence-corrected chi connectivity index (χ0v) is 11.0. The molecule has 1 aliphatic carbocycles. The average Bonchev–Trinajstić information content (AvgIpc) is 2.27. The smallest absolute Gasteiger partial charge is 0.236 e. The van der Waals surface area contributed by atoms with E-state index in [2.05, 4.69) is 19.2 Å². The standard InChI is InChI=1S/C13H26N2O2/c1-9(2)7-12(14)13(17)15-8-10-3-5-11(16)6-4-10/h9-12,16H,3-8,14H2,1-2H3,(H,15,17)/t10?,11?,12-/m1/s1. The van der Waals surface area contributed by atoms with Gasteiger partial charge in [0, 0.05) is 6.54 Å². The van der Waals surface area contributed by atoms with Crippen molar-refractivity contribution in [2.45, 2.75) is 58.1 Å². The Bertz CT molecular complexity index is 236. The zero-order chi connectivity index (χ0) is 12.8. The van der Waals surface area contributed by atoms with Gasteiger partial charge in [-0.2, -0.15) is 0 Å². The first-order chi connectivity index (χ1) is 7.99. The van der Waals surface area contributed by atoms with Crippen LogP contribution in [0.2, 0.25) is 0 Å². The molecule has 0 aromatic carbocycles. The molecule has 1 fully saturated rings. The second-order valence-electron chi connectivity index (χ2n) is 5.66. The van der Waals surface area contributed by atoms with E-state index in [4.69, 9.17) is 5.73 Å². The minimum absolute atomic E-state index is 0.0372. The monoisotopic (exact) mass is 242 g/mol. The summed E-state index contributed by atoms with van der Waals surface area (Å²) in [6.07, 6.45) is 4.32. The Morgan fingerprint density at radius 1 is 1.35 bits per heavy atom. The summed E-state index contributed by atoms with van der Waals surface area (Å²) < 4.78 is 0. The molecular formula is C13H26N2O2. The van der Waals surface area contributed by atoms with Crippen LogP contribution in [0.3, 0.4) is 0 Å². The first kappa shape index (κ1) is 14.5. The Balaban J connectivity index is 2.19. The number of carbonyl (C=O) groups excluding carboxylic acids is 1. The molecule has 1 amide bonds. The highest BCUT2D eigenvalue weighted by Gasteiger charge is 2.21. The third kappa shape index (κ3) is 5.50. The molecule has 0 saturated heterocycles. The number of hydrogen-bond acceptors (Lipinski definition) is 3. The third-order valence-electron chi connectivity index (χ3n) is 3.44. The number of hydrogen-bond donors (Lipinski definition) is 3. The van der Waals surface area contributed by atoms with Crippen molar-refractivity contribution < 1.29 is 9.90 Å². The topological polar surface area (TPSA) is 75.4 Å². The van der Waals surface area contributed by atoms with Gasteiger partial charge in [-0.1, -0.05) is 13.8 Å². The molecule has 0 aromatic rings. The van der Waals surface area contributed by atoms with E-state index in [0.29, 0.717) is 18.4 Å². The molecule has 0 unspecified atom stereocenters. The predicted octanol–water partition coefficient (Wildman–Crippen LogP) is 1.03. The molecule has 1 saturated carbocycles. The fraction of sp³-hybridized carbons (Fsp3) is 0.923. The van der Waals surface area contributed by atoms with Crippen LogP contribution < -0.4 is 11.1 Å². The van der Waals surface area contributed by atoms with Crippen LogP contribution >= 0.6 is 0 Å². The van der Waals surface area contributed by atoms with Crippen LogP contribution in [0, 0.1) is 11.8 Å². The van der Waals surface area contributed by atoms with Crippen molar-refractivity contribution in [1.29, 1.82) is 0 Å². The molecule has 1 rings (SSSR count). The number of aliphatic hydroxyl groups excluding tert-OH is 1. The fourth-order valence-corrected chi connectivity index (χ4v) is 2.34. The number of nitrogens with two attached hydrogens (primary N) is 1. The largest absolute Gasteiger partial charge is 0.393 e. The van der Waals surface area contributed by atoms with Gasteiger partial charge < -0.3 is 16.2 Å². The fourth-order valence-electron chi connectivity index (χ4n) is 2.34.